The van der Waals surface area contributed by atoms with E-state index in [1.165, 1.54) is 7.11 Å². The van der Waals surface area contributed by atoms with Gasteiger partial charge >= 0.3 is 11.9 Å². The van der Waals surface area contributed by atoms with Gasteiger partial charge in [-0.25, -0.2) is 0 Å². The predicted molar refractivity (Wildman–Crippen MR) is 63.1 cm³/mol. The van der Waals surface area contributed by atoms with Crippen molar-refractivity contribution < 1.29 is 19.1 Å². The van der Waals surface area contributed by atoms with Crippen LogP contribution in [0.15, 0.2) is 0 Å². The molecule has 0 bridgehead atoms. The van der Waals surface area contributed by atoms with Crippen LogP contribution in [0.2, 0.25) is 0 Å². The molecule has 5 heteroatoms. The highest BCUT2D eigenvalue weighted by Crippen LogP contribution is 2.42. The van der Waals surface area contributed by atoms with Crippen LogP contribution in [0.1, 0.15) is 26.7 Å². The summed E-state index contributed by atoms with van der Waals surface area (Å²) >= 11 is 0. The lowest BCUT2D eigenvalue weighted by molar-refractivity contribution is -0.153. The highest BCUT2D eigenvalue weighted by atomic mass is 16.5. The first-order chi connectivity index (χ1) is 8.56. The zero-order valence-corrected chi connectivity index (χ0v) is 11.0. The molecule has 1 rings (SSSR count). The summed E-state index contributed by atoms with van der Waals surface area (Å²) in [5.74, 6) is -2.29. The zero-order valence-electron chi connectivity index (χ0n) is 11.0. The third kappa shape index (κ3) is 2.81. The number of hydrogen-bond acceptors (Lipinski definition) is 5. The predicted octanol–water partition coefficient (Wildman–Crippen LogP) is 1.52. The average molecular weight is 253 g/mol. The third-order valence-electron chi connectivity index (χ3n) is 3.61. The van der Waals surface area contributed by atoms with E-state index < -0.39 is 11.9 Å². The maximum absolute atomic E-state index is 11.9. The minimum absolute atomic E-state index is 0.134. The number of hydrogen-bond donors (Lipinski definition) is 0. The summed E-state index contributed by atoms with van der Waals surface area (Å²) in [4.78, 5) is 23.5. The lowest BCUT2D eigenvalue weighted by Gasteiger charge is -2.23. The van der Waals surface area contributed by atoms with E-state index in [9.17, 15) is 9.59 Å². The van der Waals surface area contributed by atoms with Gasteiger partial charge in [0.2, 0.25) is 0 Å². The van der Waals surface area contributed by atoms with E-state index in [0.717, 1.165) is 6.42 Å². The molecule has 1 fully saturated rings. The highest BCUT2D eigenvalue weighted by molar-refractivity contribution is 5.79. The molecule has 1 aliphatic rings. The van der Waals surface area contributed by atoms with Crippen molar-refractivity contribution in [2.75, 3.05) is 13.7 Å². The van der Waals surface area contributed by atoms with Crippen LogP contribution in [0, 0.1) is 35.0 Å². The highest BCUT2D eigenvalue weighted by Gasteiger charge is 2.46. The number of esters is 2. The van der Waals surface area contributed by atoms with Gasteiger partial charge in [0, 0.05) is 0 Å². The number of carbonyl (C=O) groups excluding carboxylic acids is 2. The molecule has 1 saturated carbocycles. The van der Waals surface area contributed by atoms with Crippen LogP contribution in [-0.2, 0) is 19.1 Å². The van der Waals surface area contributed by atoms with Crippen LogP contribution in [0.3, 0.4) is 0 Å². The Morgan fingerprint density at radius 3 is 2.61 bits per heavy atom. The number of rotatable bonds is 4. The fourth-order valence-corrected chi connectivity index (χ4v) is 2.71. The summed E-state index contributed by atoms with van der Waals surface area (Å²) in [6.45, 7) is 4.01. The van der Waals surface area contributed by atoms with E-state index in [1.54, 1.807) is 6.92 Å². The number of nitriles is 1. The van der Waals surface area contributed by atoms with Crippen LogP contribution in [0.4, 0.5) is 0 Å². The molecule has 18 heavy (non-hydrogen) atoms. The van der Waals surface area contributed by atoms with Gasteiger partial charge in [-0.1, -0.05) is 6.92 Å². The molecule has 0 radical (unpaired) electrons. The van der Waals surface area contributed by atoms with Gasteiger partial charge in [0.1, 0.15) is 5.92 Å². The maximum atomic E-state index is 11.9. The van der Waals surface area contributed by atoms with E-state index in [0.29, 0.717) is 13.0 Å². The van der Waals surface area contributed by atoms with E-state index in [4.69, 9.17) is 10.00 Å². The number of nitrogens with zero attached hydrogens (tertiary/aromatic N) is 1. The first-order valence-electron chi connectivity index (χ1n) is 6.20. The summed E-state index contributed by atoms with van der Waals surface area (Å²) in [6, 6.07) is 1.96. The molecule has 0 saturated heterocycles. The van der Waals surface area contributed by atoms with Gasteiger partial charge in [0.15, 0.2) is 0 Å². The van der Waals surface area contributed by atoms with Crippen molar-refractivity contribution in [3.8, 4) is 6.07 Å². The van der Waals surface area contributed by atoms with E-state index >= 15 is 0 Å². The van der Waals surface area contributed by atoms with Gasteiger partial charge in [-0.15, -0.1) is 0 Å². The van der Waals surface area contributed by atoms with Gasteiger partial charge in [-0.2, -0.15) is 5.26 Å². The van der Waals surface area contributed by atoms with Crippen LogP contribution in [-0.4, -0.2) is 25.7 Å². The second-order valence-corrected chi connectivity index (χ2v) is 4.63. The van der Waals surface area contributed by atoms with E-state index in [1.807, 2.05) is 13.0 Å². The Labute approximate surface area is 107 Å². The number of ether oxygens (including phenoxy) is 2. The smallest absolute Gasteiger partial charge is 0.323 e. The van der Waals surface area contributed by atoms with Crippen LogP contribution in [0.5, 0.6) is 0 Å². The molecule has 0 aromatic carbocycles. The van der Waals surface area contributed by atoms with E-state index in [2.05, 4.69) is 4.74 Å². The van der Waals surface area contributed by atoms with Gasteiger partial charge in [0.25, 0.3) is 0 Å². The summed E-state index contributed by atoms with van der Waals surface area (Å²) < 4.78 is 9.66. The van der Waals surface area contributed by atoms with Crippen molar-refractivity contribution in [1.82, 2.24) is 0 Å². The van der Waals surface area contributed by atoms with Crippen molar-refractivity contribution in [1.29, 1.82) is 5.26 Å². The molecule has 5 nitrogen and oxygen atoms in total. The Hall–Kier alpha value is -1.57. The third-order valence-corrected chi connectivity index (χ3v) is 3.61. The standard InChI is InChI=1S/C13H19NO4/c1-4-18-13(16)11-8(2)5-6-9(11)10(7-14)12(15)17-3/h8-11H,4-6H2,1-3H3. The van der Waals surface area contributed by atoms with Crippen molar-refractivity contribution in [3.63, 3.8) is 0 Å². The lowest BCUT2D eigenvalue weighted by atomic mass is 9.82. The normalized spacial score (nSPS) is 28.2. The minimum Gasteiger partial charge on any atom is -0.468 e. The molecule has 100 valence electrons. The van der Waals surface area contributed by atoms with Gasteiger partial charge < -0.3 is 9.47 Å². The SMILES string of the molecule is CCOC(=O)C1C(C)CCC1C(C#N)C(=O)OC. The second-order valence-electron chi connectivity index (χ2n) is 4.63. The Balaban J connectivity index is 2.89. The second kappa shape index (κ2) is 6.39. The van der Waals surface area contributed by atoms with Gasteiger partial charge in [-0.3, -0.25) is 9.59 Å². The molecule has 0 aliphatic heterocycles. The van der Waals surface area contributed by atoms with Crippen molar-refractivity contribution in [2.24, 2.45) is 23.7 Å². The van der Waals surface area contributed by atoms with Gasteiger partial charge in [-0.05, 0) is 31.6 Å². The molecule has 0 aromatic rings. The van der Waals surface area contributed by atoms with Crippen molar-refractivity contribution in [3.05, 3.63) is 0 Å². The van der Waals surface area contributed by atoms with E-state index in [-0.39, 0.29) is 23.7 Å². The lowest BCUT2D eigenvalue weighted by Crippen LogP contribution is -2.33. The molecular formula is C13H19NO4. The van der Waals surface area contributed by atoms with Crippen molar-refractivity contribution >= 4 is 11.9 Å². The number of carbonyl (C=O) groups is 2. The monoisotopic (exact) mass is 253 g/mol. The molecule has 0 spiro atoms. The summed E-state index contributed by atoms with van der Waals surface area (Å²) in [6.07, 6.45) is 1.50. The Morgan fingerprint density at radius 2 is 2.11 bits per heavy atom. The average Bonchev–Trinajstić information content (AvgIpc) is 2.72. The fraction of sp³-hybridized carbons (Fsp3) is 0.769. The summed E-state index contributed by atoms with van der Waals surface area (Å²) in [5.41, 5.74) is 0. The van der Waals surface area contributed by atoms with Gasteiger partial charge in [0.05, 0.1) is 25.7 Å². The number of methoxy groups -OCH3 is 1. The molecule has 0 heterocycles. The molecule has 1 aliphatic carbocycles. The summed E-state index contributed by atoms with van der Waals surface area (Å²) in [5, 5.41) is 9.10. The topological polar surface area (TPSA) is 76.4 Å². The van der Waals surface area contributed by atoms with Crippen molar-refractivity contribution in [2.45, 2.75) is 26.7 Å². The largest absolute Gasteiger partial charge is 0.468 e. The molecule has 0 amide bonds. The van der Waals surface area contributed by atoms with Crippen LogP contribution in [0.25, 0.3) is 0 Å². The van der Waals surface area contributed by atoms with Crippen LogP contribution >= 0.6 is 0 Å². The molecule has 4 atom stereocenters. The Kier molecular flexibility index (Phi) is 5.14. The Morgan fingerprint density at radius 1 is 1.44 bits per heavy atom. The molecule has 0 N–H and O–H groups in total. The maximum Gasteiger partial charge on any atom is 0.323 e. The Bertz CT molecular complexity index is 360. The summed E-state index contributed by atoms with van der Waals surface area (Å²) in [7, 11) is 1.25. The fourth-order valence-electron chi connectivity index (χ4n) is 2.71. The molecular weight excluding hydrogens is 234 g/mol. The van der Waals surface area contributed by atoms with Crippen LogP contribution < -0.4 is 0 Å². The first-order valence-corrected chi connectivity index (χ1v) is 6.20. The zero-order chi connectivity index (χ0) is 13.7. The quantitative estimate of drug-likeness (QED) is 0.710. The molecule has 0 aromatic heterocycles. The molecule has 4 unspecified atom stereocenters. The first kappa shape index (κ1) is 14.5. The minimum atomic E-state index is -0.880.